The lowest BCUT2D eigenvalue weighted by Crippen LogP contribution is -2.27. The monoisotopic (exact) mass is 226 g/mol. The Labute approximate surface area is 93.8 Å². The number of hydrogen-bond acceptors (Lipinski definition) is 3. The number of anilines is 1. The molecule has 0 aliphatic heterocycles. The third-order valence-corrected chi connectivity index (χ3v) is 2.09. The van der Waals surface area contributed by atoms with E-state index in [0.717, 1.165) is 0 Å². The van der Waals surface area contributed by atoms with Crippen molar-refractivity contribution < 1.29 is 13.9 Å². The second-order valence-corrected chi connectivity index (χ2v) is 3.19. The van der Waals surface area contributed by atoms with Gasteiger partial charge in [-0.05, 0) is 18.2 Å². The van der Waals surface area contributed by atoms with Crippen LogP contribution in [0.4, 0.5) is 10.1 Å². The Morgan fingerprint density at radius 1 is 1.50 bits per heavy atom. The Morgan fingerprint density at radius 3 is 2.81 bits per heavy atom. The average molecular weight is 226 g/mol. The molecule has 16 heavy (non-hydrogen) atoms. The molecule has 0 saturated heterocycles. The quantitative estimate of drug-likeness (QED) is 0.743. The number of carbonyl (C=O) groups is 1. The third kappa shape index (κ3) is 3.20. The van der Waals surface area contributed by atoms with Gasteiger partial charge in [0.1, 0.15) is 5.82 Å². The fourth-order valence-electron chi connectivity index (χ4n) is 1.22. The van der Waals surface area contributed by atoms with Crippen LogP contribution in [0.25, 0.3) is 0 Å². The highest BCUT2D eigenvalue weighted by atomic mass is 19.1. The standard InChI is InChI=1S/C11H15FN2O2/c1-13-8-3-4-9(10(12)7-8)11(15)14-5-6-16-2/h3-4,7,13H,5-6H2,1-2H3,(H,14,15). The summed E-state index contributed by atoms with van der Waals surface area (Å²) < 4.78 is 18.2. The number of amides is 1. The zero-order valence-corrected chi connectivity index (χ0v) is 9.34. The molecule has 0 bridgehead atoms. The number of nitrogens with one attached hydrogen (secondary N) is 2. The summed E-state index contributed by atoms with van der Waals surface area (Å²) in [5, 5.41) is 5.35. The molecule has 4 nitrogen and oxygen atoms in total. The fourth-order valence-corrected chi connectivity index (χ4v) is 1.22. The van der Waals surface area contributed by atoms with Crippen molar-refractivity contribution in [3.63, 3.8) is 0 Å². The van der Waals surface area contributed by atoms with Gasteiger partial charge < -0.3 is 15.4 Å². The topological polar surface area (TPSA) is 50.4 Å². The van der Waals surface area contributed by atoms with Crippen molar-refractivity contribution in [2.24, 2.45) is 0 Å². The van der Waals surface area contributed by atoms with Crippen LogP contribution in [-0.4, -0.2) is 33.2 Å². The second kappa shape index (κ2) is 6.07. The summed E-state index contributed by atoms with van der Waals surface area (Å²) in [4.78, 5) is 11.5. The van der Waals surface area contributed by atoms with Gasteiger partial charge in [0, 0.05) is 26.4 Å². The number of carbonyl (C=O) groups excluding carboxylic acids is 1. The molecule has 0 unspecified atom stereocenters. The summed E-state index contributed by atoms with van der Waals surface area (Å²) in [6, 6.07) is 4.38. The van der Waals surface area contributed by atoms with Gasteiger partial charge in [0.15, 0.2) is 0 Å². The molecule has 0 atom stereocenters. The lowest BCUT2D eigenvalue weighted by molar-refractivity contribution is 0.0933. The second-order valence-electron chi connectivity index (χ2n) is 3.19. The molecular formula is C11H15FN2O2. The van der Waals surface area contributed by atoms with Gasteiger partial charge in [0.2, 0.25) is 0 Å². The van der Waals surface area contributed by atoms with Crippen molar-refractivity contribution in [2.75, 3.05) is 32.6 Å². The van der Waals surface area contributed by atoms with Crippen molar-refractivity contribution in [3.8, 4) is 0 Å². The minimum absolute atomic E-state index is 0.0371. The van der Waals surface area contributed by atoms with Gasteiger partial charge >= 0.3 is 0 Å². The first-order valence-electron chi connectivity index (χ1n) is 4.93. The first-order chi connectivity index (χ1) is 7.69. The predicted molar refractivity (Wildman–Crippen MR) is 60.2 cm³/mol. The van der Waals surface area contributed by atoms with Crippen LogP contribution in [0.2, 0.25) is 0 Å². The van der Waals surface area contributed by atoms with Gasteiger partial charge in [-0.1, -0.05) is 0 Å². The van der Waals surface area contributed by atoms with Gasteiger partial charge in [-0.25, -0.2) is 4.39 Å². The number of methoxy groups -OCH3 is 1. The van der Waals surface area contributed by atoms with Crippen molar-refractivity contribution in [3.05, 3.63) is 29.6 Å². The maximum absolute atomic E-state index is 13.5. The Morgan fingerprint density at radius 2 is 2.25 bits per heavy atom. The average Bonchev–Trinajstić information content (AvgIpc) is 2.29. The number of ether oxygens (including phenoxy) is 1. The summed E-state index contributed by atoms with van der Waals surface area (Å²) in [5.41, 5.74) is 0.668. The van der Waals surface area contributed by atoms with Crippen LogP contribution in [0.5, 0.6) is 0 Å². The van der Waals surface area contributed by atoms with E-state index in [1.165, 1.54) is 19.2 Å². The maximum atomic E-state index is 13.5. The summed E-state index contributed by atoms with van der Waals surface area (Å²) in [5.74, 6) is -0.973. The summed E-state index contributed by atoms with van der Waals surface area (Å²) >= 11 is 0. The van der Waals surface area contributed by atoms with E-state index in [4.69, 9.17) is 4.74 Å². The molecule has 1 rings (SSSR count). The number of rotatable bonds is 5. The highest BCUT2D eigenvalue weighted by Crippen LogP contribution is 2.13. The SMILES string of the molecule is CNc1ccc(C(=O)NCCOC)c(F)c1. The molecule has 0 fully saturated rings. The first kappa shape index (κ1) is 12.4. The first-order valence-corrected chi connectivity index (χ1v) is 4.93. The van der Waals surface area contributed by atoms with Crippen molar-refractivity contribution in [1.29, 1.82) is 0 Å². The zero-order valence-electron chi connectivity index (χ0n) is 9.34. The normalized spacial score (nSPS) is 9.94. The zero-order chi connectivity index (χ0) is 12.0. The van der Waals surface area contributed by atoms with Crippen LogP contribution in [0.15, 0.2) is 18.2 Å². The summed E-state index contributed by atoms with van der Waals surface area (Å²) in [6.07, 6.45) is 0. The van der Waals surface area contributed by atoms with E-state index in [-0.39, 0.29) is 5.56 Å². The lowest BCUT2D eigenvalue weighted by Gasteiger charge is -2.07. The molecule has 5 heteroatoms. The molecular weight excluding hydrogens is 211 g/mol. The molecule has 0 saturated carbocycles. The lowest BCUT2D eigenvalue weighted by atomic mass is 10.2. The highest BCUT2D eigenvalue weighted by molar-refractivity contribution is 5.94. The molecule has 0 spiro atoms. The van der Waals surface area contributed by atoms with Gasteiger partial charge in [-0.2, -0.15) is 0 Å². The Bertz CT molecular complexity index is 369. The largest absolute Gasteiger partial charge is 0.388 e. The Hall–Kier alpha value is -1.62. The van der Waals surface area contributed by atoms with Gasteiger partial charge in [0.05, 0.1) is 12.2 Å². The van der Waals surface area contributed by atoms with Crippen molar-refractivity contribution >= 4 is 11.6 Å². The molecule has 1 aromatic rings. The van der Waals surface area contributed by atoms with E-state index in [9.17, 15) is 9.18 Å². The van der Waals surface area contributed by atoms with Gasteiger partial charge in [-0.15, -0.1) is 0 Å². The van der Waals surface area contributed by atoms with E-state index in [1.54, 1.807) is 13.1 Å². The van der Waals surface area contributed by atoms with E-state index in [0.29, 0.717) is 18.8 Å². The minimum atomic E-state index is -0.540. The van der Waals surface area contributed by atoms with E-state index < -0.39 is 11.7 Å². The van der Waals surface area contributed by atoms with Crippen molar-refractivity contribution in [2.45, 2.75) is 0 Å². The van der Waals surface area contributed by atoms with Crippen LogP contribution < -0.4 is 10.6 Å². The fraction of sp³-hybridized carbons (Fsp3) is 0.364. The molecule has 0 radical (unpaired) electrons. The number of benzene rings is 1. The predicted octanol–water partition coefficient (Wildman–Crippen LogP) is 1.24. The molecule has 0 aliphatic rings. The van der Waals surface area contributed by atoms with Crippen LogP contribution in [0.1, 0.15) is 10.4 Å². The van der Waals surface area contributed by atoms with E-state index >= 15 is 0 Å². The molecule has 1 amide bonds. The number of hydrogen-bond donors (Lipinski definition) is 2. The van der Waals surface area contributed by atoms with Crippen LogP contribution >= 0.6 is 0 Å². The minimum Gasteiger partial charge on any atom is -0.388 e. The molecule has 2 N–H and O–H groups in total. The van der Waals surface area contributed by atoms with E-state index in [1.807, 2.05) is 0 Å². The van der Waals surface area contributed by atoms with Gasteiger partial charge in [-0.3, -0.25) is 4.79 Å². The molecule has 1 aromatic carbocycles. The van der Waals surface area contributed by atoms with Crippen molar-refractivity contribution in [1.82, 2.24) is 5.32 Å². The van der Waals surface area contributed by atoms with E-state index in [2.05, 4.69) is 10.6 Å². The Balaban J connectivity index is 2.68. The third-order valence-electron chi connectivity index (χ3n) is 2.09. The Kier molecular flexibility index (Phi) is 4.72. The molecule has 0 aliphatic carbocycles. The molecule has 0 heterocycles. The highest BCUT2D eigenvalue weighted by Gasteiger charge is 2.11. The smallest absolute Gasteiger partial charge is 0.254 e. The maximum Gasteiger partial charge on any atom is 0.254 e. The van der Waals surface area contributed by atoms with Crippen LogP contribution in [-0.2, 0) is 4.74 Å². The van der Waals surface area contributed by atoms with Crippen LogP contribution in [0.3, 0.4) is 0 Å². The van der Waals surface area contributed by atoms with Gasteiger partial charge in [0.25, 0.3) is 5.91 Å². The summed E-state index contributed by atoms with van der Waals surface area (Å²) in [6.45, 7) is 0.768. The number of halogens is 1. The summed E-state index contributed by atoms with van der Waals surface area (Å²) in [7, 11) is 3.22. The van der Waals surface area contributed by atoms with Crippen LogP contribution in [0, 0.1) is 5.82 Å². The molecule has 0 aromatic heterocycles. The molecule has 88 valence electrons.